The van der Waals surface area contributed by atoms with E-state index in [9.17, 15) is 9.18 Å². The van der Waals surface area contributed by atoms with Gasteiger partial charge in [-0.3, -0.25) is 9.48 Å². The van der Waals surface area contributed by atoms with Crippen molar-refractivity contribution < 1.29 is 13.9 Å². The number of halogens is 1. The van der Waals surface area contributed by atoms with E-state index >= 15 is 0 Å². The van der Waals surface area contributed by atoms with Gasteiger partial charge in [0, 0.05) is 24.2 Å². The molecule has 0 fully saturated rings. The van der Waals surface area contributed by atoms with Gasteiger partial charge in [0.1, 0.15) is 17.3 Å². The number of ether oxygens (including phenoxy) is 1. The third kappa shape index (κ3) is 3.22. The number of aromatic nitrogens is 3. The van der Waals surface area contributed by atoms with Crippen LogP contribution in [0.1, 0.15) is 16.1 Å². The average Bonchev–Trinajstić information content (AvgIpc) is 3.28. The summed E-state index contributed by atoms with van der Waals surface area (Å²) in [5, 5.41) is 7.91. The Hall–Kier alpha value is -3.61. The Morgan fingerprint density at radius 3 is 2.82 bits per heavy atom. The Morgan fingerprint density at radius 2 is 2.04 bits per heavy atom. The number of carbonyl (C=O) groups is 1. The summed E-state index contributed by atoms with van der Waals surface area (Å²) in [6.45, 7) is 0.285. The minimum Gasteiger partial charge on any atom is -0.496 e. The Bertz CT molecular complexity index is 1160. The zero-order chi connectivity index (χ0) is 19.7. The molecule has 28 heavy (non-hydrogen) atoms. The highest BCUT2D eigenvalue weighted by atomic mass is 19.1. The molecule has 0 atom stereocenters. The summed E-state index contributed by atoms with van der Waals surface area (Å²) >= 11 is 0. The van der Waals surface area contributed by atoms with Crippen molar-refractivity contribution in [2.75, 3.05) is 12.4 Å². The molecule has 4 aromatic rings. The average molecular weight is 378 g/mol. The van der Waals surface area contributed by atoms with Crippen LogP contribution in [0.3, 0.4) is 0 Å². The van der Waals surface area contributed by atoms with Gasteiger partial charge >= 0.3 is 0 Å². The SMILES string of the molecule is COc1cccc2c1cc(C(=O)Nc1cnn(Cc3ccccc3F)c1)n2C. The van der Waals surface area contributed by atoms with Crippen LogP contribution in [0.4, 0.5) is 10.1 Å². The lowest BCUT2D eigenvalue weighted by atomic mass is 10.2. The van der Waals surface area contributed by atoms with Gasteiger partial charge in [-0.15, -0.1) is 0 Å². The van der Waals surface area contributed by atoms with Crippen LogP contribution < -0.4 is 10.1 Å². The monoisotopic (exact) mass is 378 g/mol. The number of aryl methyl sites for hydroxylation is 1. The molecule has 4 rings (SSSR count). The smallest absolute Gasteiger partial charge is 0.272 e. The molecule has 2 aromatic heterocycles. The minimum atomic E-state index is -0.284. The molecule has 6 nitrogen and oxygen atoms in total. The van der Waals surface area contributed by atoms with Gasteiger partial charge in [-0.1, -0.05) is 24.3 Å². The maximum atomic E-state index is 13.8. The Balaban J connectivity index is 1.55. The lowest BCUT2D eigenvalue weighted by Gasteiger charge is -2.05. The summed E-state index contributed by atoms with van der Waals surface area (Å²) in [7, 11) is 3.43. The van der Waals surface area contributed by atoms with Crippen LogP contribution in [0, 0.1) is 5.82 Å². The third-order valence-electron chi connectivity index (χ3n) is 4.68. The Morgan fingerprint density at radius 1 is 1.21 bits per heavy atom. The summed E-state index contributed by atoms with van der Waals surface area (Å²) in [4.78, 5) is 12.8. The van der Waals surface area contributed by atoms with Crippen LogP contribution in [0.2, 0.25) is 0 Å². The zero-order valence-electron chi connectivity index (χ0n) is 15.5. The van der Waals surface area contributed by atoms with Crippen LogP contribution in [0.5, 0.6) is 5.75 Å². The van der Waals surface area contributed by atoms with Gasteiger partial charge in [-0.2, -0.15) is 5.10 Å². The van der Waals surface area contributed by atoms with E-state index in [0.29, 0.717) is 22.7 Å². The summed E-state index contributed by atoms with van der Waals surface area (Å²) < 4.78 is 22.6. The molecule has 0 bridgehead atoms. The number of fused-ring (bicyclic) bond motifs is 1. The molecule has 0 saturated heterocycles. The van der Waals surface area contributed by atoms with Gasteiger partial charge in [-0.05, 0) is 24.3 Å². The maximum absolute atomic E-state index is 13.8. The predicted molar refractivity (Wildman–Crippen MR) is 105 cm³/mol. The molecule has 0 spiro atoms. The molecular weight excluding hydrogens is 359 g/mol. The second kappa shape index (κ2) is 7.19. The summed E-state index contributed by atoms with van der Waals surface area (Å²) in [5.41, 5.74) is 2.48. The second-order valence-corrected chi connectivity index (χ2v) is 6.45. The standard InChI is InChI=1S/C21H19FN4O2/c1-25-18-8-5-9-20(28-2)16(18)10-19(25)21(27)24-15-11-23-26(13-15)12-14-6-3-4-7-17(14)22/h3-11,13H,12H2,1-2H3,(H,24,27). The molecular formula is C21H19FN4O2. The minimum absolute atomic E-state index is 0.258. The van der Waals surface area contributed by atoms with Crippen molar-refractivity contribution in [1.82, 2.24) is 14.3 Å². The molecule has 1 amide bonds. The lowest BCUT2D eigenvalue weighted by molar-refractivity contribution is 0.101. The van der Waals surface area contributed by atoms with Gasteiger partial charge in [0.2, 0.25) is 0 Å². The molecule has 0 radical (unpaired) electrons. The second-order valence-electron chi connectivity index (χ2n) is 6.45. The number of rotatable bonds is 5. The normalized spacial score (nSPS) is 11.0. The van der Waals surface area contributed by atoms with Crippen LogP contribution in [0.25, 0.3) is 10.9 Å². The molecule has 0 unspecified atom stereocenters. The highest BCUT2D eigenvalue weighted by molar-refractivity contribution is 6.07. The van der Waals surface area contributed by atoms with Crippen molar-refractivity contribution >= 4 is 22.5 Å². The first-order valence-electron chi connectivity index (χ1n) is 8.76. The molecule has 0 saturated carbocycles. The van der Waals surface area contributed by atoms with Crippen molar-refractivity contribution in [3.8, 4) is 5.75 Å². The summed E-state index contributed by atoms with van der Waals surface area (Å²) in [6, 6.07) is 14.0. The Kier molecular flexibility index (Phi) is 4.57. The number of hydrogen-bond donors (Lipinski definition) is 1. The molecule has 2 heterocycles. The molecule has 142 valence electrons. The molecule has 2 aromatic carbocycles. The third-order valence-corrected chi connectivity index (χ3v) is 4.68. The number of nitrogens with one attached hydrogen (secondary N) is 1. The Labute approximate surface area is 161 Å². The number of carbonyl (C=O) groups excluding carboxylic acids is 1. The predicted octanol–water partition coefficient (Wildman–Crippen LogP) is 3.82. The van der Waals surface area contributed by atoms with Crippen molar-refractivity contribution in [1.29, 1.82) is 0 Å². The van der Waals surface area contributed by atoms with E-state index in [1.165, 1.54) is 6.07 Å². The molecule has 0 aliphatic heterocycles. The van der Waals surface area contributed by atoms with E-state index in [1.807, 2.05) is 29.8 Å². The summed E-state index contributed by atoms with van der Waals surface area (Å²) in [5.74, 6) is 0.170. The maximum Gasteiger partial charge on any atom is 0.272 e. The zero-order valence-corrected chi connectivity index (χ0v) is 15.5. The molecule has 1 N–H and O–H groups in total. The van der Waals surface area contributed by atoms with Crippen molar-refractivity contribution in [2.45, 2.75) is 6.54 Å². The van der Waals surface area contributed by atoms with E-state index in [2.05, 4.69) is 10.4 Å². The van der Waals surface area contributed by atoms with Crippen molar-refractivity contribution in [2.24, 2.45) is 7.05 Å². The topological polar surface area (TPSA) is 61.1 Å². The first kappa shape index (κ1) is 17.8. The number of hydrogen-bond acceptors (Lipinski definition) is 3. The van der Waals surface area contributed by atoms with Gasteiger partial charge in [0.05, 0.1) is 31.1 Å². The van der Waals surface area contributed by atoms with E-state index in [-0.39, 0.29) is 18.3 Å². The van der Waals surface area contributed by atoms with Gasteiger partial charge in [-0.25, -0.2) is 4.39 Å². The number of nitrogens with zero attached hydrogens (tertiary/aromatic N) is 3. The van der Waals surface area contributed by atoms with Crippen molar-refractivity contribution in [3.05, 3.63) is 78.0 Å². The molecule has 0 aliphatic rings. The fourth-order valence-corrected chi connectivity index (χ4v) is 3.24. The summed E-state index contributed by atoms with van der Waals surface area (Å²) in [6.07, 6.45) is 3.22. The first-order valence-corrected chi connectivity index (χ1v) is 8.76. The molecule has 0 aliphatic carbocycles. The van der Waals surface area contributed by atoms with Gasteiger partial charge in [0.15, 0.2) is 0 Å². The highest BCUT2D eigenvalue weighted by Gasteiger charge is 2.16. The van der Waals surface area contributed by atoms with Crippen molar-refractivity contribution in [3.63, 3.8) is 0 Å². The number of anilines is 1. The fraction of sp³-hybridized carbons (Fsp3) is 0.143. The quantitative estimate of drug-likeness (QED) is 0.574. The largest absolute Gasteiger partial charge is 0.496 e. The lowest BCUT2D eigenvalue weighted by Crippen LogP contribution is -2.15. The number of amides is 1. The fourth-order valence-electron chi connectivity index (χ4n) is 3.24. The van der Waals surface area contributed by atoms with Crippen LogP contribution >= 0.6 is 0 Å². The first-order chi connectivity index (χ1) is 13.6. The van der Waals surface area contributed by atoms with Crippen LogP contribution in [0.15, 0.2) is 60.9 Å². The van der Waals surface area contributed by atoms with Gasteiger partial charge in [0.25, 0.3) is 5.91 Å². The van der Waals surface area contributed by atoms with E-state index in [1.54, 1.807) is 48.5 Å². The number of benzene rings is 2. The van der Waals surface area contributed by atoms with Gasteiger partial charge < -0.3 is 14.6 Å². The van der Waals surface area contributed by atoms with E-state index in [4.69, 9.17) is 4.74 Å². The highest BCUT2D eigenvalue weighted by Crippen LogP contribution is 2.28. The van der Waals surface area contributed by atoms with Crippen LogP contribution in [-0.2, 0) is 13.6 Å². The molecule has 7 heteroatoms. The van der Waals surface area contributed by atoms with Crippen LogP contribution in [-0.4, -0.2) is 27.4 Å². The van der Waals surface area contributed by atoms with E-state index in [0.717, 1.165) is 10.9 Å². The van der Waals surface area contributed by atoms with E-state index < -0.39 is 0 Å². The number of methoxy groups -OCH3 is 1.